The SMILES string of the molecule is Nc1nc2ccccc2cc1C(=O)NC1CCCCC1. The van der Waals surface area contributed by atoms with Crippen molar-refractivity contribution in [2.24, 2.45) is 0 Å². The van der Waals surface area contributed by atoms with E-state index in [4.69, 9.17) is 5.73 Å². The molecule has 1 saturated carbocycles. The van der Waals surface area contributed by atoms with Crippen LogP contribution in [-0.4, -0.2) is 16.9 Å². The number of hydrogen-bond donors (Lipinski definition) is 2. The molecule has 0 bridgehead atoms. The number of carbonyl (C=O) groups excluding carboxylic acids is 1. The van der Waals surface area contributed by atoms with Crippen molar-refractivity contribution >= 4 is 22.6 Å². The Kier molecular flexibility index (Phi) is 3.54. The third kappa shape index (κ3) is 2.59. The van der Waals surface area contributed by atoms with E-state index in [9.17, 15) is 4.79 Å². The monoisotopic (exact) mass is 269 g/mol. The minimum atomic E-state index is -0.104. The lowest BCUT2D eigenvalue weighted by Gasteiger charge is -2.23. The highest BCUT2D eigenvalue weighted by atomic mass is 16.1. The van der Waals surface area contributed by atoms with Crippen LogP contribution in [0.1, 0.15) is 42.5 Å². The second-order valence-corrected chi connectivity index (χ2v) is 5.42. The minimum Gasteiger partial charge on any atom is -0.383 e. The predicted molar refractivity (Wildman–Crippen MR) is 80.5 cm³/mol. The van der Waals surface area contributed by atoms with Crippen LogP contribution >= 0.6 is 0 Å². The molecule has 1 heterocycles. The average Bonchev–Trinajstić information content (AvgIpc) is 2.47. The number of anilines is 1. The fourth-order valence-corrected chi connectivity index (χ4v) is 2.82. The maximum absolute atomic E-state index is 12.3. The van der Waals surface area contributed by atoms with Crippen molar-refractivity contribution < 1.29 is 4.79 Å². The zero-order valence-electron chi connectivity index (χ0n) is 11.4. The predicted octanol–water partition coefficient (Wildman–Crippen LogP) is 2.88. The fraction of sp³-hybridized carbons (Fsp3) is 0.375. The van der Waals surface area contributed by atoms with Crippen LogP contribution in [0.5, 0.6) is 0 Å². The summed E-state index contributed by atoms with van der Waals surface area (Å²) in [6, 6.07) is 9.80. The number of nitrogen functional groups attached to an aromatic ring is 1. The van der Waals surface area contributed by atoms with Crippen LogP contribution in [0.25, 0.3) is 10.9 Å². The van der Waals surface area contributed by atoms with Gasteiger partial charge in [0.25, 0.3) is 5.91 Å². The summed E-state index contributed by atoms with van der Waals surface area (Å²) in [5.41, 5.74) is 7.22. The molecule has 1 aliphatic carbocycles. The van der Waals surface area contributed by atoms with Gasteiger partial charge in [-0.05, 0) is 25.0 Å². The molecule has 0 spiro atoms. The Labute approximate surface area is 118 Å². The molecule has 1 aromatic heterocycles. The molecule has 4 nitrogen and oxygen atoms in total. The molecule has 0 unspecified atom stereocenters. The van der Waals surface area contributed by atoms with Crippen LogP contribution < -0.4 is 11.1 Å². The van der Waals surface area contributed by atoms with E-state index in [0.717, 1.165) is 23.7 Å². The smallest absolute Gasteiger partial charge is 0.255 e. The average molecular weight is 269 g/mol. The summed E-state index contributed by atoms with van der Waals surface area (Å²) in [7, 11) is 0. The number of pyridine rings is 1. The maximum atomic E-state index is 12.3. The molecule has 1 fully saturated rings. The van der Waals surface area contributed by atoms with Gasteiger partial charge >= 0.3 is 0 Å². The second kappa shape index (κ2) is 5.49. The Morgan fingerprint density at radius 2 is 1.95 bits per heavy atom. The van der Waals surface area contributed by atoms with Gasteiger partial charge in [-0.25, -0.2) is 4.98 Å². The molecule has 0 radical (unpaired) electrons. The number of carbonyl (C=O) groups is 1. The summed E-state index contributed by atoms with van der Waals surface area (Å²) in [4.78, 5) is 16.7. The number of nitrogens with two attached hydrogens (primary N) is 1. The van der Waals surface area contributed by atoms with Crippen LogP contribution in [0.2, 0.25) is 0 Å². The number of amides is 1. The van der Waals surface area contributed by atoms with E-state index in [0.29, 0.717) is 11.4 Å². The molecule has 2 aromatic rings. The Morgan fingerprint density at radius 3 is 2.75 bits per heavy atom. The van der Waals surface area contributed by atoms with E-state index in [1.165, 1.54) is 19.3 Å². The standard InChI is InChI=1S/C16H19N3O/c17-15-13(10-11-6-4-5-9-14(11)19-15)16(20)18-12-7-2-1-3-8-12/h4-6,9-10,12H,1-3,7-8H2,(H2,17,19)(H,18,20). The normalized spacial score (nSPS) is 16.2. The summed E-state index contributed by atoms with van der Waals surface area (Å²) >= 11 is 0. The van der Waals surface area contributed by atoms with Crippen LogP contribution in [-0.2, 0) is 0 Å². The van der Waals surface area contributed by atoms with E-state index < -0.39 is 0 Å². The maximum Gasteiger partial charge on any atom is 0.255 e. The van der Waals surface area contributed by atoms with Crippen molar-refractivity contribution in [1.29, 1.82) is 0 Å². The molecule has 20 heavy (non-hydrogen) atoms. The quantitative estimate of drug-likeness (QED) is 0.880. The number of nitrogens with zero attached hydrogens (tertiary/aromatic N) is 1. The number of benzene rings is 1. The molecule has 3 rings (SSSR count). The number of aromatic nitrogens is 1. The third-order valence-corrected chi connectivity index (χ3v) is 3.94. The van der Waals surface area contributed by atoms with Gasteiger partial charge in [-0.15, -0.1) is 0 Å². The van der Waals surface area contributed by atoms with Gasteiger partial charge in [0.2, 0.25) is 0 Å². The number of fused-ring (bicyclic) bond motifs is 1. The Bertz CT molecular complexity index is 633. The van der Waals surface area contributed by atoms with Crippen molar-refractivity contribution in [3.05, 3.63) is 35.9 Å². The first-order valence-corrected chi connectivity index (χ1v) is 7.20. The van der Waals surface area contributed by atoms with Gasteiger partial charge in [0.1, 0.15) is 5.82 Å². The minimum absolute atomic E-state index is 0.104. The van der Waals surface area contributed by atoms with Gasteiger partial charge in [-0.1, -0.05) is 37.5 Å². The molecule has 1 aromatic carbocycles. The molecule has 3 N–H and O–H groups in total. The van der Waals surface area contributed by atoms with Gasteiger partial charge in [0, 0.05) is 11.4 Å². The highest BCUT2D eigenvalue weighted by Crippen LogP contribution is 2.21. The van der Waals surface area contributed by atoms with Gasteiger partial charge in [-0.3, -0.25) is 4.79 Å². The number of hydrogen-bond acceptors (Lipinski definition) is 3. The first-order valence-electron chi connectivity index (χ1n) is 7.20. The zero-order chi connectivity index (χ0) is 13.9. The van der Waals surface area contributed by atoms with Gasteiger partial charge in [-0.2, -0.15) is 0 Å². The first-order chi connectivity index (χ1) is 9.74. The highest BCUT2D eigenvalue weighted by molar-refractivity contribution is 6.01. The van der Waals surface area contributed by atoms with E-state index in [2.05, 4.69) is 10.3 Å². The van der Waals surface area contributed by atoms with Crippen molar-refractivity contribution in [1.82, 2.24) is 10.3 Å². The van der Waals surface area contributed by atoms with Crippen molar-refractivity contribution in [2.75, 3.05) is 5.73 Å². The van der Waals surface area contributed by atoms with Crippen molar-refractivity contribution in [3.63, 3.8) is 0 Å². The summed E-state index contributed by atoms with van der Waals surface area (Å²) < 4.78 is 0. The topological polar surface area (TPSA) is 68.0 Å². The molecule has 1 aliphatic rings. The van der Waals surface area contributed by atoms with E-state index in [1.807, 2.05) is 30.3 Å². The lowest BCUT2D eigenvalue weighted by molar-refractivity contribution is 0.0928. The molecule has 104 valence electrons. The highest BCUT2D eigenvalue weighted by Gasteiger charge is 2.18. The van der Waals surface area contributed by atoms with Crippen molar-refractivity contribution in [3.8, 4) is 0 Å². The largest absolute Gasteiger partial charge is 0.383 e. The Hall–Kier alpha value is -2.10. The van der Waals surface area contributed by atoms with E-state index >= 15 is 0 Å². The molecular weight excluding hydrogens is 250 g/mol. The molecule has 0 saturated heterocycles. The van der Waals surface area contributed by atoms with E-state index in [1.54, 1.807) is 0 Å². The number of nitrogens with one attached hydrogen (secondary N) is 1. The lowest BCUT2D eigenvalue weighted by atomic mass is 9.95. The summed E-state index contributed by atoms with van der Waals surface area (Å²) in [5.74, 6) is 0.199. The third-order valence-electron chi connectivity index (χ3n) is 3.94. The number of rotatable bonds is 2. The van der Waals surface area contributed by atoms with Crippen LogP contribution in [0.15, 0.2) is 30.3 Å². The van der Waals surface area contributed by atoms with E-state index in [-0.39, 0.29) is 11.9 Å². The van der Waals surface area contributed by atoms with Crippen LogP contribution in [0.3, 0.4) is 0 Å². The van der Waals surface area contributed by atoms with Crippen LogP contribution in [0.4, 0.5) is 5.82 Å². The first kappa shape index (κ1) is 12.9. The molecule has 0 atom stereocenters. The molecule has 1 amide bonds. The summed E-state index contributed by atoms with van der Waals surface area (Å²) in [5, 5.41) is 4.02. The van der Waals surface area contributed by atoms with Crippen molar-refractivity contribution in [2.45, 2.75) is 38.1 Å². The molecule has 4 heteroatoms. The number of para-hydroxylation sites is 1. The molecule has 0 aliphatic heterocycles. The Balaban J connectivity index is 1.84. The van der Waals surface area contributed by atoms with Crippen LogP contribution in [0, 0.1) is 0 Å². The second-order valence-electron chi connectivity index (χ2n) is 5.42. The summed E-state index contributed by atoms with van der Waals surface area (Å²) in [6.45, 7) is 0. The van der Waals surface area contributed by atoms with Gasteiger partial charge in [0.15, 0.2) is 0 Å². The zero-order valence-corrected chi connectivity index (χ0v) is 11.4. The van der Waals surface area contributed by atoms with Gasteiger partial charge in [0.05, 0.1) is 11.1 Å². The fourth-order valence-electron chi connectivity index (χ4n) is 2.82. The summed E-state index contributed by atoms with van der Waals surface area (Å²) in [6.07, 6.45) is 5.78. The van der Waals surface area contributed by atoms with Gasteiger partial charge < -0.3 is 11.1 Å². The Morgan fingerprint density at radius 1 is 1.20 bits per heavy atom. The lowest BCUT2D eigenvalue weighted by Crippen LogP contribution is -2.36. The molecular formula is C16H19N3O.